The summed E-state index contributed by atoms with van der Waals surface area (Å²) in [6.07, 6.45) is 0. The van der Waals surface area contributed by atoms with Crippen LogP contribution in [0, 0.1) is 10.1 Å². The summed E-state index contributed by atoms with van der Waals surface area (Å²) in [7, 11) is 4.37. The van der Waals surface area contributed by atoms with Crippen LogP contribution < -0.4 is 14.2 Å². The highest BCUT2D eigenvalue weighted by atomic mass is 32.2. The number of hydrogen-bond acceptors (Lipinski definition) is 7. The van der Waals surface area contributed by atoms with E-state index in [1.165, 1.54) is 27.4 Å². The van der Waals surface area contributed by atoms with E-state index >= 15 is 0 Å². The number of carboxylic acids is 1. The minimum absolute atomic E-state index is 0.0864. The zero-order valence-electron chi connectivity index (χ0n) is 15.0. The van der Waals surface area contributed by atoms with Crippen molar-refractivity contribution in [2.45, 2.75) is 10.1 Å². The van der Waals surface area contributed by atoms with Gasteiger partial charge in [-0.2, -0.15) is 0 Å². The van der Waals surface area contributed by atoms with E-state index in [4.69, 9.17) is 14.2 Å². The SMILES string of the molecule is COc1cc([C@@H](C[N+](=O)[O-])Sc2ccccc2C(=O)O)cc(OC)c1OC. The van der Waals surface area contributed by atoms with Crippen LogP contribution in [0.25, 0.3) is 0 Å². The second-order valence-corrected chi connectivity index (χ2v) is 6.63. The van der Waals surface area contributed by atoms with Gasteiger partial charge in [-0.25, -0.2) is 4.79 Å². The van der Waals surface area contributed by atoms with Gasteiger partial charge >= 0.3 is 5.97 Å². The smallest absolute Gasteiger partial charge is 0.336 e. The Kier molecular flexibility index (Phi) is 6.89. The minimum atomic E-state index is -1.09. The van der Waals surface area contributed by atoms with Crippen LogP contribution in [0.3, 0.4) is 0 Å². The lowest BCUT2D eigenvalue weighted by Gasteiger charge is -2.18. The maximum Gasteiger partial charge on any atom is 0.336 e. The number of nitro groups is 1. The Morgan fingerprint density at radius 2 is 1.74 bits per heavy atom. The third-order valence-electron chi connectivity index (χ3n) is 3.76. The normalized spacial score (nSPS) is 11.5. The average molecular weight is 393 g/mol. The minimum Gasteiger partial charge on any atom is -0.493 e. The molecule has 2 aromatic rings. The lowest BCUT2D eigenvalue weighted by atomic mass is 10.1. The highest BCUT2D eigenvalue weighted by Crippen LogP contribution is 2.44. The van der Waals surface area contributed by atoms with E-state index in [2.05, 4.69) is 0 Å². The van der Waals surface area contributed by atoms with Crippen LogP contribution >= 0.6 is 11.8 Å². The molecule has 0 aliphatic carbocycles. The Balaban J connectivity index is 2.51. The van der Waals surface area contributed by atoms with Gasteiger partial charge in [0.2, 0.25) is 12.3 Å². The fourth-order valence-corrected chi connectivity index (χ4v) is 3.75. The number of methoxy groups -OCH3 is 3. The number of aromatic carboxylic acids is 1. The summed E-state index contributed by atoms with van der Waals surface area (Å²) in [5.74, 6) is 0.0158. The first-order valence-electron chi connectivity index (χ1n) is 7.82. The van der Waals surface area contributed by atoms with Crippen LogP contribution in [-0.4, -0.2) is 43.9 Å². The molecule has 1 atom stereocenters. The topological polar surface area (TPSA) is 108 Å². The standard InChI is InChI=1S/C18H19NO7S/c1-24-13-8-11(9-14(25-2)17(13)26-3)16(10-19(22)23)27-15-7-5-4-6-12(15)18(20)21/h4-9,16H,10H2,1-3H3,(H,20,21)/t16-/m1/s1. The molecule has 144 valence electrons. The fourth-order valence-electron chi connectivity index (χ4n) is 2.53. The van der Waals surface area contributed by atoms with Crippen molar-refractivity contribution in [3.05, 3.63) is 57.6 Å². The van der Waals surface area contributed by atoms with Crippen molar-refractivity contribution in [1.29, 1.82) is 0 Å². The van der Waals surface area contributed by atoms with E-state index in [1.807, 2.05) is 0 Å². The summed E-state index contributed by atoms with van der Waals surface area (Å²) < 4.78 is 15.9. The maximum atomic E-state index is 11.4. The van der Waals surface area contributed by atoms with Gasteiger partial charge < -0.3 is 19.3 Å². The quantitative estimate of drug-likeness (QED) is 0.392. The lowest BCUT2D eigenvalue weighted by Crippen LogP contribution is -2.11. The Hall–Kier alpha value is -2.94. The summed E-state index contributed by atoms with van der Waals surface area (Å²) in [6, 6.07) is 9.64. The van der Waals surface area contributed by atoms with Crippen molar-refractivity contribution >= 4 is 17.7 Å². The molecular weight excluding hydrogens is 374 g/mol. The van der Waals surface area contributed by atoms with Gasteiger partial charge in [-0.15, -0.1) is 11.8 Å². The largest absolute Gasteiger partial charge is 0.493 e. The number of ether oxygens (including phenoxy) is 3. The first-order chi connectivity index (χ1) is 12.9. The van der Waals surface area contributed by atoms with Crippen molar-refractivity contribution in [2.24, 2.45) is 0 Å². The van der Waals surface area contributed by atoms with E-state index in [9.17, 15) is 20.0 Å². The van der Waals surface area contributed by atoms with Crippen LogP contribution in [-0.2, 0) is 0 Å². The molecule has 2 aromatic carbocycles. The van der Waals surface area contributed by atoms with Crippen LogP contribution in [0.15, 0.2) is 41.3 Å². The van der Waals surface area contributed by atoms with E-state index in [1.54, 1.807) is 30.3 Å². The highest BCUT2D eigenvalue weighted by Gasteiger charge is 2.25. The summed E-state index contributed by atoms with van der Waals surface area (Å²) in [5, 5.41) is 19.9. The number of benzene rings is 2. The van der Waals surface area contributed by atoms with Crippen molar-refractivity contribution in [1.82, 2.24) is 0 Å². The zero-order valence-corrected chi connectivity index (χ0v) is 15.8. The molecule has 0 bridgehead atoms. The molecule has 8 nitrogen and oxygen atoms in total. The molecule has 1 N–H and O–H groups in total. The summed E-state index contributed by atoms with van der Waals surface area (Å²) in [6.45, 7) is -0.405. The predicted octanol–water partition coefficient (Wildman–Crippen LogP) is 3.52. The van der Waals surface area contributed by atoms with E-state index < -0.39 is 22.7 Å². The van der Waals surface area contributed by atoms with Gasteiger partial charge in [0.05, 0.1) is 32.1 Å². The van der Waals surface area contributed by atoms with Gasteiger partial charge in [0.25, 0.3) is 0 Å². The molecule has 0 aromatic heterocycles. The van der Waals surface area contributed by atoms with Crippen LogP contribution in [0.2, 0.25) is 0 Å². The molecule has 0 aliphatic rings. The molecule has 2 rings (SSSR count). The molecule has 9 heteroatoms. The number of thioether (sulfide) groups is 1. The first-order valence-corrected chi connectivity index (χ1v) is 8.69. The Morgan fingerprint density at radius 1 is 1.15 bits per heavy atom. The van der Waals surface area contributed by atoms with Crippen molar-refractivity contribution < 1.29 is 29.0 Å². The third kappa shape index (κ3) is 4.82. The predicted molar refractivity (Wildman–Crippen MR) is 100.0 cm³/mol. The number of rotatable bonds is 9. The third-order valence-corrected chi connectivity index (χ3v) is 5.08. The van der Waals surface area contributed by atoms with Crippen LogP contribution in [0.4, 0.5) is 0 Å². The van der Waals surface area contributed by atoms with Gasteiger partial charge in [0, 0.05) is 9.82 Å². The summed E-state index contributed by atoms with van der Waals surface area (Å²) >= 11 is 1.10. The molecular formula is C18H19NO7S. The van der Waals surface area contributed by atoms with Crippen LogP contribution in [0.5, 0.6) is 17.2 Å². The second kappa shape index (κ2) is 9.13. The van der Waals surface area contributed by atoms with E-state index in [0.717, 1.165) is 11.8 Å². The molecule has 0 amide bonds. The molecule has 0 unspecified atom stereocenters. The molecule has 0 aliphatic heterocycles. The zero-order chi connectivity index (χ0) is 20.0. The molecule has 0 spiro atoms. The highest BCUT2D eigenvalue weighted by molar-refractivity contribution is 7.99. The Bertz CT molecular complexity index is 815. The number of carboxylic acid groups (broad SMARTS) is 1. The first kappa shape index (κ1) is 20.4. The molecule has 0 radical (unpaired) electrons. The second-order valence-electron chi connectivity index (χ2n) is 5.38. The van der Waals surface area contributed by atoms with Gasteiger partial charge in [-0.05, 0) is 29.8 Å². The number of carbonyl (C=O) groups is 1. The molecule has 0 heterocycles. The van der Waals surface area contributed by atoms with Gasteiger partial charge in [-0.1, -0.05) is 12.1 Å². The molecule has 27 heavy (non-hydrogen) atoms. The summed E-state index contributed by atoms with van der Waals surface area (Å²) in [5.41, 5.74) is 0.648. The van der Waals surface area contributed by atoms with Crippen molar-refractivity contribution in [2.75, 3.05) is 27.9 Å². The number of hydrogen-bond donors (Lipinski definition) is 1. The van der Waals surface area contributed by atoms with E-state index in [-0.39, 0.29) is 5.56 Å². The number of nitrogens with zero attached hydrogens (tertiary/aromatic N) is 1. The average Bonchev–Trinajstić information content (AvgIpc) is 2.66. The fraction of sp³-hybridized carbons (Fsp3) is 0.278. The molecule has 0 fully saturated rings. The Morgan fingerprint density at radius 3 is 2.22 bits per heavy atom. The molecule has 0 saturated carbocycles. The monoisotopic (exact) mass is 393 g/mol. The molecule has 0 saturated heterocycles. The maximum absolute atomic E-state index is 11.4. The van der Waals surface area contributed by atoms with Crippen molar-refractivity contribution in [3.63, 3.8) is 0 Å². The van der Waals surface area contributed by atoms with Gasteiger partial charge in [0.15, 0.2) is 11.5 Å². The summed E-state index contributed by atoms with van der Waals surface area (Å²) in [4.78, 5) is 22.7. The van der Waals surface area contributed by atoms with Gasteiger partial charge in [-0.3, -0.25) is 10.1 Å². The Labute approximate surface area is 160 Å². The lowest BCUT2D eigenvalue weighted by molar-refractivity contribution is -0.479. The van der Waals surface area contributed by atoms with Gasteiger partial charge in [0.1, 0.15) is 0 Å². The van der Waals surface area contributed by atoms with Crippen LogP contribution in [0.1, 0.15) is 21.2 Å². The van der Waals surface area contributed by atoms with E-state index in [0.29, 0.717) is 27.7 Å². The van der Waals surface area contributed by atoms with Crippen molar-refractivity contribution in [3.8, 4) is 17.2 Å².